The zero-order valence-corrected chi connectivity index (χ0v) is 10.5. The molecule has 18 heavy (non-hydrogen) atoms. The van der Waals surface area contributed by atoms with E-state index >= 15 is 0 Å². The highest BCUT2D eigenvalue weighted by Gasteiger charge is 2.34. The van der Waals surface area contributed by atoms with Crippen LogP contribution >= 0.6 is 0 Å². The van der Waals surface area contributed by atoms with Crippen molar-refractivity contribution in [3.63, 3.8) is 0 Å². The molecule has 100 valence electrons. The van der Waals surface area contributed by atoms with Crippen LogP contribution in [0.4, 0.5) is 13.2 Å². The van der Waals surface area contributed by atoms with Crippen LogP contribution in [0.3, 0.4) is 0 Å². The first kappa shape index (κ1) is 14.4. The number of nitriles is 1. The van der Waals surface area contributed by atoms with Gasteiger partial charge in [0.1, 0.15) is 0 Å². The lowest BCUT2D eigenvalue weighted by Gasteiger charge is -2.24. The zero-order chi connectivity index (χ0) is 14.0. The van der Waals surface area contributed by atoms with Gasteiger partial charge in [-0.2, -0.15) is 18.4 Å². The summed E-state index contributed by atoms with van der Waals surface area (Å²) < 4.78 is 50.9. The molecule has 0 radical (unpaired) electrons. The second kappa shape index (κ2) is 4.89. The number of nitrogens with one attached hydrogen (secondary N) is 1. The third-order valence-corrected chi connectivity index (χ3v) is 4.74. The van der Waals surface area contributed by atoms with Crippen LogP contribution in [0, 0.1) is 11.5 Å². The van der Waals surface area contributed by atoms with Gasteiger partial charge >= 0.3 is 6.18 Å². The molecule has 0 aromatic carbocycles. The second-order valence-electron chi connectivity index (χ2n) is 3.73. The lowest BCUT2D eigenvalue weighted by Crippen LogP contribution is -2.31. The van der Waals surface area contributed by atoms with E-state index in [9.17, 15) is 17.4 Å². The molecule has 1 atom stereocenters. The highest BCUT2D eigenvalue weighted by atomic mass is 32.3. The van der Waals surface area contributed by atoms with Gasteiger partial charge in [0.05, 0.1) is 5.25 Å². The topological polar surface area (TPSA) is 78.7 Å². The maximum Gasteiger partial charge on any atom is 0.451 e. The van der Waals surface area contributed by atoms with Crippen molar-refractivity contribution in [3.05, 3.63) is 23.8 Å². The molecular formula is C9H11F3N4OS. The van der Waals surface area contributed by atoms with E-state index in [0.29, 0.717) is 0 Å². The first-order valence-electron chi connectivity index (χ1n) is 4.81. The average Bonchev–Trinajstić information content (AvgIpc) is 2.27. The van der Waals surface area contributed by atoms with Crippen LogP contribution in [0.1, 0.15) is 23.6 Å². The van der Waals surface area contributed by atoms with Crippen molar-refractivity contribution in [2.24, 2.45) is 0 Å². The van der Waals surface area contributed by atoms with E-state index in [1.165, 1.54) is 13.2 Å². The fourth-order valence-electron chi connectivity index (χ4n) is 1.18. The Morgan fingerprint density at radius 2 is 1.94 bits per heavy atom. The molecule has 0 spiro atoms. The van der Waals surface area contributed by atoms with E-state index in [1.54, 1.807) is 6.19 Å². The first-order valence-corrected chi connectivity index (χ1v) is 7.03. The Balaban J connectivity index is 3.00. The Bertz CT molecular complexity index is 508. The molecule has 1 aromatic heterocycles. The molecule has 0 aliphatic rings. The molecule has 0 saturated carbocycles. The third kappa shape index (κ3) is 3.16. The van der Waals surface area contributed by atoms with Gasteiger partial charge in [0.2, 0.25) is 5.82 Å². The Kier molecular flexibility index (Phi) is 3.91. The maximum atomic E-state index is 12.2. The van der Waals surface area contributed by atoms with Crippen molar-refractivity contribution in [1.82, 2.24) is 14.7 Å². The summed E-state index contributed by atoms with van der Waals surface area (Å²) in [5.41, 5.74) is 0.275. The summed E-state index contributed by atoms with van der Waals surface area (Å²) in [6.07, 6.45) is 0.220. The van der Waals surface area contributed by atoms with Crippen molar-refractivity contribution in [2.75, 3.05) is 6.26 Å². The van der Waals surface area contributed by atoms with Crippen LogP contribution in [0.5, 0.6) is 0 Å². The van der Waals surface area contributed by atoms with Gasteiger partial charge < -0.3 is 0 Å². The molecule has 1 aromatic rings. The van der Waals surface area contributed by atoms with E-state index in [4.69, 9.17) is 5.26 Å². The van der Waals surface area contributed by atoms with Crippen LogP contribution in [0.2, 0.25) is 0 Å². The Labute approximate surface area is 103 Å². The number of nitrogens with zero attached hydrogens (tertiary/aromatic N) is 3. The fourth-order valence-corrected chi connectivity index (χ4v) is 2.28. The van der Waals surface area contributed by atoms with Crippen LogP contribution in [-0.2, 0) is 16.3 Å². The number of hydrogen-bond donors (Lipinski definition) is 2. The molecule has 9 heteroatoms. The quantitative estimate of drug-likeness (QED) is 0.495. The summed E-state index contributed by atoms with van der Waals surface area (Å²) in [4.78, 5) is 6.35. The van der Waals surface area contributed by atoms with E-state index in [-0.39, 0.29) is 5.56 Å². The number of alkyl halides is 3. The van der Waals surface area contributed by atoms with E-state index in [1.807, 2.05) is 0 Å². The smallest absolute Gasteiger partial charge is 0.265 e. The van der Waals surface area contributed by atoms with Gasteiger partial charge in [-0.05, 0) is 17.0 Å². The van der Waals surface area contributed by atoms with Crippen LogP contribution < -0.4 is 4.72 Å². The van der Waals surface area contributed by atoms with Crippen molar-refractivity contribution in [2.45, 2.75) is 18.3 Å². The van der Waals surface area contributed by atoms with Gasteiger partial charge in [0, 0.05) is 24.2 Å². The summed E-state index contributed by atoms with van der Waals surface area (Å²) >= 11 is 0. The molecular weight excluding hydrogens is 269 g/mol. The van der Waals surface area contributed by atoms with Gasteiger partial charge in [-0.3, -0.25) is 8.93 Å². The number of aromatic nitrogens is 2. The molecule has 1 heterocycles. The molecule has 0 saturated heterocycles. The molecule has 0 aliphatic heterocycles. The Morgan fingerprint density at radius 1 is 1.44 bits per heavy atom. The van der Waals surface area contributed by atoms with Crippen molar-refractivity contribution in [3.8, 4) is 6.19 Å². The molecule has 1 rings (SSSR count). The SMILES string of the molecule is CC(c1cnc(C(F)(F)F)nc1)[SH](C)(=O)NC#N. The van der Waals surface area contributed by atoms with Gasteiger partial charge in [-0.15, -0.1) is 0 Å². The monoisotopic (exact) mass is 280 g/mol. The van der Waals surface area contributed by atoms with Crippen LogP contribution in [-0.4, -0.2) is 20.4 Å². The molecule has 0 fully saturated rings. The Hall–Kier alpha value is -1.69. The van der Waals surface area contributed by atoms with Gasteiger partial charge in [0.15, 0.2) is 6.19 Å². The summed E-state index contributed by atoms with van der Waals surface area (Å²) in [5.74, 6) is -1.25. The third-order valence-electron chi connectivity index (χ3n) is 2.42. The number of halogens is 3. The van der Waals surface area contributed by atoms with Crippen molar-refractivity contribution in [1.29, 1.82) is 5.26 Å². The number of hydrogen-bond acceptors (Lipinski definition) is 4. The highest BCUT2D eigenvalue weighted by molar-refractivity contribution is 8.00. The predicted molar refractivity (Wildman–Crippen MR) is 59.7 cm³/mol. The normalized spacial score (nSPS) is 14.7. The summed E-state index contributed by atoms with van der Waals surface area (Å²) in [7, 11) is -3.03. The van der Waals surface area contributed by atoms with Crippen molar-refractivity contribution < 1.29 is 17.4 Å². The molecule has 0 amide bonds. The van der Waals surface area contributed by atoms with E-state index < -0.39 is 27.4 Å². The molecule has 5 nitrogen and oxygen atoms in total. The summed E-state index contributed by atoms with van der Waals surface area (Å²) in [5, 5.41) is 7.78. The Morgan fingerprint density at radius 3 is 2.33 bits per heavy atom. The summed E-state index contributed by atoms with van der Waals surface area (Å²) in [6.45, 7) is 1.52. The highest BCUT2D eigenvalue weighted by Crippen LogP contribution is 2.28. The second-order valence-corrected chi connectivity index (χ2v) is 6.71. The van der Waals surface area contributed by atoms with E-state index in [2.05, 4.69) is 14.7 Å². The van der Waals surface area contributed by atoms with Gasteiger partial charge in [0.25, 0.3) is 0 Å². The van der Waals surface area contributed by atoms with E-state index in [0.717, 1.165) is 12.4 Å². The minimum Gasteiger partial charge on any atom is -0.265 e. The molecule has 0 aliphatic carbocycles. The van der Waals surface area contributed by atoms with Crippen molar-refractivity contribution >= 4 is 10.1 Å². The number of rotatable bonds is 3. The molecule has 1 N–H and O–H groups in total. The average molecular weight is 280 g/mol. The lowest BCUT2D eigenvalue weighted by atomic mass is 10.2. The maximum absolute atomic E-state index is 12.2. The fraction of sp³-hybridized carbons (Fsp3) is 0.444. The van der Waals surface area contributed by atoms with Gasteiger partial charge in [-0.1, -0.05) is 0 Å². The first-order chi connectivity index (χ1) is 8.18. The lowest BCUT2D eigenvalue weighted by molar-refractivity contribution is -0.145. The molecule has 1 unspecified atom stereocenters. The predicted octanol–water partition coefficient (Wildman–Crippen LogP) is 1.19. The standard InChI is InChI=1S/C9H11F3N4OS/c1-6(18(2,17)16-5-13)7-3-14-8(15-4-7)9(10,11)12/h3-4,6,18H,1-2H3,(H,16,17). The zero-order valence-electron chi connectivity index (χ0n) is 9.56. The molecule has 0 bridgehead atoms. The minimum atomic E-state index is -4.61. The minimum absolute atomic E-state index is 0.275. The van der Waals surface area contributed by atoms with Crippen LogP contribution in [0.15, 0.2) is 12.4 Å². The summed E-state index contributed by atoms with van der Waals surface area (Å²) in [6, 6.07) is 0. The number of thiol groups is 1. The largest absolute Gasteiger partial charge is 0.451 e. The van der Waals surface area contributed by atoms with Gasteiger partial charge in [-0.25, -0.2) is 9.97 Å². The van der Waals surface area contributed by atoms with Crippen LogP contribution in [0.25, 0.3) is 0 Å².